The van der Waals surface area contributed by atoms with Crippen molar-refractivity contribution in [3.8, 4) is 5.75 Å². The van der Waals surface area contributed by atoms with Crippen LogP contribution in [0.15, 0.2) is 42.5 Å². The minimum Gasteiger partial charge on any atom is -0.493 e. The van der Waals surface area contributed by atoms with E-state index >= 15 is 0 Å². The molecule has 20 heavy (non-hydrogen) atoms. The highest BCUT2D eigenvalue weighted by atomic mass is 16.5. The van der Waals surface area contributed by atoms with E-state index in [-0.39, 0.29) is 6.04 Å². The summed E-state index contributed by atoms with van der Waals surface area (Å²) in [7, 11) is 0. The zero-order valence-corrected chi connectivity index (χ0v) is 11.3. The fourth-order valence-electron chi connectivity index (χ4n) is 3.50. The molecule has 0 fully saturated rings. The van der Waals surface area contributed by atoms with Crippen LogP contribution in [-0.2, 0) is 12.8 Å². The summed E-state index contributed by atoms with van der Waals surface area (Å²) in [5.41, 5.74) is 8.35. The molecule has 0 saturated heterocycles. The molecule has 1 aliphatic carbocycles. The first-order chi connectivity index (χ1) is 9.88. The van der Waals surface area contributed by atoms with E-state index < -0.39 is 0 Å². The summed E-state index contributed by atoms with van der Waals surface area (Å²) in [5, 5.41) is 0. The van der Waals surface area contributed by atoms with Crippen LogP contribution >= 0.6 is 0 Å². The van der Waals surface area contributed by atoms with Gasteiger partial charge in [0.25, 0.3) is 0 Å². The van der Waals surface area contributed by atoms with Crippen LogP contribution in [0.25, 0.3) is 0 Å². The molecule has 4 rings (SSSR count). The lowest BCUT2D eigenvalue weighted by atomic mass is 9.71. The van der Waals surface area contributed by atoms with Crippen molar-refractivity contribution in [1.29, 1.82) is 0 Å². The Kier molecular flexibility index (Phi) is 2.76. The summed E-state index contributed by atoms with van der Waals surface area (Å²) in [5.74, 6) is 7.34. The Morgan fingerprint density at radius 1 is 1.10 bits per heavy atom. The van der Waals surface area contributed by atoms with Crippen LogP contribution in [0.2, 0.25) is 0 Å². The molecular formula is C17H18N2O. The molecule has 0 radical (unpaired) electrons. The number of hydrazine groups is 1. The summed E-state index contributed by atoms with van der Waals surface area (Å²) in [6.07, 6.45) is 2.08. The minimum absolute atomic E-state index is 0.123. The van der Waals surface area contributed by atoms with E-state index in [1.807, 2.05) is 0 Å². The minimum atomic E-state index is 0.123. The number of ether oxygens (including phenoxy) is 1. The Labute approximate surface area is 118 Å². The largest absolute Gasteiger partial charge is 0.493 e. The molecule has 0 spiro atoms. The van der Waals surface area contributed by atoms with Gasteiger partial charge in [0.05, 0.1) is 12.6 Å². The molecule has 0 aromatic heterocycles. The van der Waals surface area contributed by atoms with E-state index in [0.29, 0.717) is 5.92 Å². The third kappa shape index (κ3) is 1.67. The highest BCUT2D eigenvalue weighted by molar-refractivity contribution is 5.49. The third-order valence-electron chi connectivity index (χ3n) is 4.56. The molecule has 2 aliphatic rings. The number of rotatable bonds is 3. The molecule has 3 heteroatoms. The lowest BCUT2D eigenvalue weighted by molar-refractivity contribution is 0.339. The average molecular weight is 266 g/mol. The van der Waals surface area contributed by atoms with Crippen molar-refractivity contribution in [3.05, 3.63) is 64.7 Å². The molecule has 1 heterocycles. The number of hydrogen-bond donors (Lipinski definition) is 2. The first-order valence-electron chi connectivity index (χ1n) is 7.17. The van der Waals surface area contributed by atoms with Crippen LogP contribution < -0.4 is 16.0 Å². The van der Waals surface area contributed by atoms with Gasteiger partial charge < -0.3 is 4.74 Å². The lowest BCUT2D eigenvalue weighted by Gasteiger charge is -2.36. The van der Waals surface area contributed by atoms with E-state index in [4.69, 9.17) is 10.6 Å². The maximum atomic E-state index is 5.86. The van der Waals surface area contributed by atoms with Gasteiger partial charge in [-0.25, -0.2) is 0 Å². The van der Waals surface area contributed by atoms with E-state index in [9.17, 15) is 0 Å². The standard InChI is InChI=1S/C17H18N2O/c18-19-16(15-10-12-4-1-2-6-13(12)15)14-7-3-5-11-8-9-20-17(11)14/h1-7,15-16,19H,8-10,18H2. The van der Waals surface area contributed by atoms with Gasteiger partial charge in [-0.1, -0.05) is 42.5 Å². The first-order valence-corrected chi connectivity index (χ1v) is 7.17. The monoisotopic (exact) mass is 266 g/mol. The molecule has 1 aliphatic heterocycles. The summed E-state index contributed by atoms with van der Waals surface area (Å²) >= 11 is 0. The molecule has 2 atom stereocenters. The number of nitrogens with two attached hydrogens (primary N) is 1. The zero-order chi connectivity index (χ0) is 13.5. The van der Waals surface area contributed by atoms with Crippen molar-refractivity contribution in [3.63, 3.8) is 0 Å². The van der Waals surface area contributed by atoms with Gasteiger partial charge in [0.15, 0.2) is 0 Å². The Bertz CT molecular complexity index is 653. The van der Waals surface area contributed by atoms with Gasteiger partial charge in [-0.3, -0.25) is 11.3 Å². The number of para-hydroxylation sites is 1. The van der Waals surface area contributed by atoms with Crippen LogP contribution in [0.4, 0.5) is 0 Å². The SMILES string of the molecule is NNC(c1cccc2c1OCC2)C1Cc2ccccc21. The highest BCUT2D eigenvalue weighted by Crippen LogP contribution is 2.46. The van der Waals surface area contributed by atoms with Crippen molar-refractivity contribution in [2.24, 2.45) is 5.84 Å². The molecule has 2 aromatic carbocycles. The molecule has 0 amide bonds. The molecule has 0 bridgehead atoms. The fourth-order valence-corrected chi connectivity index (χ4v) is 3.50. The quantitative estimate of drug-likeness (QED) is 0.662. The Morgan fingerprint density at radius 2 is 1.95 bits per heavy atom. The summed E-state index contributed by atoms with van der Waals surface area (Å²) in [6, 6.07) is 15.1. The zero-order valence-electron chi connectivity index (χ0n) is 11.3. The van der Waals surface area contributed by atoms with Crippen molar-refractivity contribution >= 4 is 0 Å². The van der Waals surface area contributed by atoms with E-state index in [1.165, 1.54) is 22.3 Å². The van der Waals surface area contributed by atoms with Crippen LogP contribution in [0.5, 0.6) is 5.75 Å². The second kappa shape index (κ2) is 4.62. The molecular weight excluding hydrogens is 248 g/mol. The molecule has 0 saturated carbocycles. The smallest absolute Gasteiger partial charge is 0.127 e. The van der Waals surface area contributed by atoms with Crippen LogP contribution in [-0.4, -0.2) is 6.61 Å². The maximum absolute atomic E-state index is 5.86. The number of benzene rings is 2. The van der Waals surface area contributed by atoms with Gasteiger partial charge in [0, 0.05) is 17.9 Å². The third-order valence-corrected chi connectivity index (χ3v) is 4.56. The Balaban J connectivity index is 1.73. The maximum Gasteiger partial charge on any atom is 0.127 e. The van der Waals surface area contributed by atoms with Gasteiger partial charge in [-0.2, -0.15) is 0 Å². The van der Waals surface area contributed by atoms with Crippen molar-refractivity contribution in [2.45, 2.75) is 24.8 Å². The second-order valence-corrected chi connectivity index (χ2v) is 5.59. The number of fused-ring (bicyclic) bond motifs is 2. The van der Waals surface area contributed by atoms with Gasteiger partial charge in [-0.15, -0.1) is 0 Å². The predicted octanol–water partition coefficient (Wildman–Crippen LogP) is 2.47. The topological polar surface area (TPSA) is 47.3 Å². The van der Waals surface area contributed by atoms with E-state index in [1.54, 1.807) is 0 Å². The van der Waals surface area contributed by atoms with Crippen LogP contribution in [0.3, 0.4) is 0 Å². The number of hydrogen-bond acceptors (Lipinski definition) is 3. The number of nitrogens with one attached hydrogen (secondary N) is 1. The molecule has 3 N–H and O–H groups in total. The molecule has 2 aromatic rings. The van der Waals surface area contributed by atoms with E-state index in [0.717, 1.165) is 25.2 Å². The normalized spacial score (nSPS) is 20.6. The lowest BCUT2D eigenvalue weighted by Crippen LogP contribution is -2.37. The molecule has 102 valence electrons. The average Bonchev–Trinajstić information content (AvgIpc) is 2.93. The Hall–Kier alpha value is -1.84. The van der Waals surface area contributed by atoms with Crippen LogP contribution in [0, 0.1) is 0 Å². The van der Waals surface area contributed by atoms with Gasteiger partial charge in [0.2, 0.25) is 0 Å². The van der Waals surface area contributed by atoms with Crippen molar-refractivity contribution < 1.29 is 4.74 Å². The molecule has 2 unspecified atom stereocenters. The second-order valence-electron chi connectivity index (χ2n) is 5.59. The van der Waals surface area contributed by atoms with Crippen molar-refractivity contribution in [2.75, 3.05) is 6.61 Å². The predicted molar refractivity (Wildman–Crippen MR) is 78.6 cm³/mol. The summed E-state index contributed by atoms with van der Waals surface area (Å²) in [6.45, 7) is 0.783. The summed E-state index contributed by atoms with van der Waals surface area (Å²) in [4.78, 5) is 0. The summed E-state index contributed by atoms with van der Waals surface area (Å²) < 4.78 is 5.82. The van der Waals surface area contributed by atoms with Gasteiger partial charge in [0.1, 0.15) is 5.75 Å². The van der Waals surface area contributed by atoms with Gasteiger partial charge >= 0.3 is 0 Å². The molecule has 3 nitrogen and oxygen atoms in total. The van der Waals surface area contributed by atoms with Crippen molar-refractivity contribution in [1.82, 2.24) is 5.43 Å². The fraction of sp³-hybridized carbons (Fsp3) is 0.294. The van der Waals surface area contributed by atoms with Crippen LogP contribution in [0.1, 0.15) is 34.2 Å². The van der Waals surface area contributed by atoms with Gasteiger partial charge in [-0.05, 0) is 23.1 Å². The van der Waals surface area contributed by atoms with E-state index in [2.05, 4.69) is 47.9 Å². The highest BCUT2D eigenvalue weighted by Gasteiger charge is 2.35. The first kappa shape index (κ1) is 11.9. The Morgan fingerprint density at radius 3 is 2.80 bits per heavy atom.